The van der Waals surface area contributed by atoms with Gasteiger partial charge in [0, 0.05) is 19.0 Å². The molecule has 1 aliphatic rings. The molecule has 0 aromatic heterocycles. The van der Waals surface area contributed by atoms with Crippen molar-refractivity contribution in [1.82, 2.24) is 10.6 Å². The minimum absolute atomic E-state index is 0.229. The lowest BCUT2D eigenvalue weighted by atomic mass is 9.89. The standard InChI is InChI=1S/C16H25N3O/c1-12-7-5-6-8-14(12)13(2)19-15(17-4)18-9-16(3)10-20-11-16/h5-8,13H,9-11H2,1-4H3,(H2,17,18,19). The number of hydrogen-bond acceptors (Lipinski definition) is 2. The number of rotatable bonds is 4. The Morgan fingerprint density at radius 1 is 1.40 bits per heavy atom. The predicted molar refractivity (Wildman–Crippen MR) is 83.0 cm³/mol. The number of aryl methyl sites for hydroxylation is 1. The van der Waals surface area contributed by atoms with Crippen LogP contribution in [-0.4, -0.2) is 32.8 Å². The van der Waals surface area contributed by atoms with Crippen molar-refractivity contribution in [3.63, 3.8) is 0 Å². The average molecular weight is 275 g/mol. The maximum Gasteiger partial charge on any atom is 0.191 e. The van der Waals surface area contributed by atoms with E-state index in [1.54, 1.807) is 7.05 Å². The van der Waals surface area contributed by atoms with E-state index in [0.717, 1.165) is 25.7 Å². The number of guanidine groups is 1. The molecule has 20 heavy (non-hydrogen) atoms. The highest BCUT2D eigenvalue weighted by Crippen LogP contribution is 2.25. The molecular formula is C16H25N3O. The maximum atomic E-state index is 5.27. The van der Waals surface area contributed by atoms with E-state index in [4.69, 9.17) is 4.74 Å². The molecule has 0 aliphatic carbocycles. The summed E-state index contributed by atoms with van der Waals surface area (Å²) in [6.45, 7) is 9.04. The third kappa shape index (κ3) is 3.51. The van der Waals surface area contributed by atoms with Crippen LogP contribution in [0.2, 0.25) is 0 Å². The molecule has 0 saturated carbocycles. The van der Waals surface area contributed by atoms with Gasteiger partial charge in [0.25, 0.3) is 0 Å². The maximum absolute atomic E-state index is 5.27. The van der Waals surface area contributed by atoms with Crippen molar-refractivity contribution in [3.8, 4) is 0 Å². The van der Waals surface area contributed by atoms with E-state index < -0.39 is 0 Å². The molecule has 1 fully saturated rings. The first-order valence-corrected chi connectivity index (χ1v) is 7.14. The molecule has 1 unspecified atom stereocenters. The second-order valence-corrected chi connectivity index (χ2v) is 5.95. The van der Waals surface area contributed by atoms with Crippen LogP contribution in [0.4, 0.5) is 0 Å². The van der Waals surface area contributed by atoms with Gasteiger partial charge >= 0.3 is 0 Å². The number of hydrogen-bond donors (Lipinski definition) is 2. The Morgan fingerprint density at radius 2 is 2.10 bits per heavy atom. The summed E-state index contributed by atoms with van der Waals surface area (Å²) in [6.07, 6.45) is 0. The van der Waals surface area contributed by atoms with E-state index in [1.807, 2.05) is 0 Å². The van der Waals surface area contributed by atoms with E-state index in [-0.39, 0.29) is 11.5 Å². The van der Waals surface area contributed by atoms with Crippen molar-refractivity contribution in [1.29, 1.82) is 0 Å². The minimum Gasteiger partial charge on any atom is -0.380 e. The molecular weight excluding hydrogens is 250 g/mol. The Hall–Kier alpha value is -1.55. The zero-order valence-electron chi connectivity index (χ0n) is 12.9. The summed E-state index contributed by atoms with van der Waals surface area (Å²) in [5.41, 5.74) is 2.83. The molecule has 2 N–H and O–H groups in total. The van der Waals surface area contributed by atoms with E-state index in [9.17, 15) is 0 Å². The first kappa shape index (κ1) is 14.9. The average Bonchev–Trinajstić information content (AvgIpc) is 2.41. The lowest BCUT2D eigenvalue weighted by molar-refractivity contribution is -0.0971. The highest BCUT2D eigenvalue weighted by Gasteiger charge is 2.33. The molecule has 1 atom stereocenters. The third-order valence-corrected chi connectivity index (χ3v) is 3.82. The van der Waals surface area contributed by atoms with Gasteiger partial charge in [0.2, 0.25) is 0 Å². The molecule has 4 heteroatoms. The molecule has 2 rings (SSSR count). The lowest BCUT2D eigenvalue weighted by Gasteiger charge is -2.38. The van der Waals surface area contributed by atoms with Crippen LogP contribution in [0.25, 0.3) is 0 Å². The second-order valence-electron chi connectivity index (χ2n) is 5.95. The van der Waals surface area contributed by atoms with Crippen molar-refractivity contribution >= 4 is 5.96 Å². The van der Waals surface area contributed by atoms with E-state index in [1.165, 1.54) is 11.1 Å². The number of nitrogens with one attached hydrogen (secondary N) is 2. The van der Waals surface area contributed by atoms with Crippen LogP contribution < -0.4 is 10.6 Å². The zero-order valence-corrected chi connectivity index (χ0v) is 12.9. The first-order chi connectivity index (χ1) is 9.54. The number of ether oxygens (including phenoxy) is 1. The van der Waals surface area contributed by atoms with Gasteiger partial charge in [0.05, 0.1) is 19.3 Å². The van der Waals surface area contributed by atoms with Gasteiger partial charge in [0.1, 0.15) is 0 Å². The molecule has 1 saturated heterocycles. The van der Waals surface area contributed by atoms with Gasteiger partial charge in [-0.25, -0.2) is 0 Å². The third-order valence-electron chi connectivity index (χ3n) is 3.82. The van der Waals surface area contributed by atoms with Gasteiger partial charge in [-0.3, -0.25) is 4.99 Å². The van der Waals surface area contributed by atoms with Crippen LogP contribution in [0.3, 0.4) is 0 Å². The molecule has 1 aromatic rings. The monoisotopic (exact) mass is 275 g/mol. The summed E-state index contributed by atoms with van der Waals surface area (Å²) < 4.78 is 5.27. The van der Waals surface area contributed by atoms with Crippen LogP contribution in [0.1, 0.15) is 31.0 Å². The molecule has 1 heterocycles. The minimum atomic E-state index is 0.229. The van der Waals surface area contributed by atoms with Gasteiger partial charge in [0.15, 0.2) is 5.96 Å². The Bertz CT molecular complexity index is 480. The van der Waals surface area contributed by atoms with Gasteiger partial charge in [-0.05, 0) is 25.0 Å². The van der Waals surface area contributed by atoms with Gasteiger partial charge in [-0.1, -0.05) is 31.2 Å². The topological polar surface area (TPSA) is 45.7 Å². The molecule has 4 nitrogen and oxygen atoms in total. The van der Waals surface area contributed by atoms with E-state index in [0.29, 0.717) is 0 Å². The van der Waals surface area contributed by atoms with Crippen molar-refractivity contribution in [2.75, 3.05) is 26.8 Å². The van der Waals surface area contributed by atoms with Gasteiger partial charge < -0.3 is 15.4 Å². The van der Waals surface area contributed by atoms with E-state index in [2.05, 4.69) is 60.7 Å². The molecule has 110 valence electrons. The lowest BCUT2D eigenvalue weighted by Crippen LogP contribution is -2.51. The van der Waals surface area contributed by atoms with Crippen LogP contribution in [0, 0.1) is 12.3 Å². The van der Waals surface area contributed by atoms with Crippen LogP contribution in [0.5, 0.6) is 0 Å². The number of nitrogens with zero attached hydrogens (tertiary/aromatic N) is 1. The predicted octanol–water partition coefficient (Wildman–Crippen LogP) is 2.26. The highest BCUT2D eigenvalue weighted by molar-refractivity contribution is 5.80. The van der Waals surface area contributed by atoms with Crippen LogP contribution in [0.15, 0.2) is 29.3 Å². The van der Waals surface area contributed by atoms with Crippen molar-refractivity contribution < 1.29 is 4.74 Å². The van der Waals surface area contributed by atoms with Gasteiger partial charge in [-0.2, -0.15) is 0 Å². The fourth-order valence-electron chi connectivity index (χ4n) is 2.40. The van der Waals surface area contributed by atoms with Crippen molar-refractivity contribution in [2.24, 2.45) is 10.4 Å². The summed E-state index contributed by atoms with van der Waals surface area (Å²) in [5, 5.41) is 6.83. The number of aliphatic imine (C=N–C) groups is 1. The van der Waals surface area contributed by atoms with Crippen LogP contribution >= 0.6 is 0 Å². The summed E-state index contributed by atoms with van der Waals surface area (Å²) >= 11 is 0. The molecule has 0 bridgehead atoms. The Balaban J connectivity index is 1.91. The SMILES string of the molecule is CN=C(NCC1(C)COC1)NC(C)c1ccccc1C. The first-order valence-electron chi connectivity index (χ1n) is 7.14. The quantitative estimate of drug-likeness (QED) is 0.654. The molecule has 1 aliphatic heterocycles. The summed E-state index contributed by atoms with van der Waals surface area (Å²) in [4.78, 5) is 4.30. The Kier molecular flexibility index (Phi) is 4.65. The second kappa shape index (κ2) is 6.27. The van der Waals surface area contributed by atoms with E-state index >= 15 is 0 Å². The summed E-state index contributed by atoms with van der Waals surface area (Å²) in [6, 6.07) is 8.66. The fourth-order valence-corrected chi connectivity index (χ4v) is 2.40. The van der Waals surface area contributed by atoms with Crippen molar-refractivity contribution in [2.45, 2.75) is 26.8 Å². The highest BCUT2D eigenvalue weighted by atomic mass is 16.5. The Labute approximate surface area is 121 Å². The summed E-state index contributed by atoms with van der Waals surface area (Å²) in [7, 11) is 1.81. The summed E-state index contributed by atoms with van der Waals surface area (Å²) in [5.74, 6) is 0.842. The smallest absolute Gasteiger partial charge is 0.191 e. The van der Waals surface area contributed by atoms with Crippen molar-refractivity contribution in [3.05, 3.63) is 35.4 Å². The zero-order chi connectivity index (χ0) is 14.6. The molecule has 1 aromatic carbocycles. The van der Waals surface area contributed by atoms with Gasteiger partial charge in [-0.15, -0.1) is 0 Å². The van der Waals surface area contributed by atoms with Crippen LogP contribution in [-0.2, 0) is 4.74 Å². The molecule has 0 radical (unpaired) electrons. The fraction of sp³-hybridized carbons (Fsp3) is 0.562. The normalized spacial score (nSPS) is 19.1. The number of benzene rings is 1. The largest absolute Gasteiger partial charge is 0.380 e. The Morgan fingerprint density at radius 3 is 2.65 bits per heavy atom. The molecule has 0 amide bonds. The molecule has 0 spiro atoms.